The van der Waals surface area contributed by atoms with E-state index in [4.69, 9.17) is 9.47 Å². The molecule has 0 atom stereocenters. The van der Waals surface area contributed by atoms with Gasteiger partial charge < -0.3 is 19.3 Å². The van der Waals surface area contributed by atoms with E-state index in [0.717, 1.165) is 12.1 Å². The molecule has 2 aliphatic heterocycles. The summed E-state index contributed by atoms with van der Waals surface area (Å²) in [5, 5.41) is 0. The van der Waals surface area contributed by atoms with Gasteiger partial charge in [-0.15, -0.1) is 36.4 Å². The summed E-state index contributed by atoms with van der Waals surface area (Å²) < 4.78 is 65.0. The molecule has 0 aliphatic carbocycles. The molecule has 0 spiro atoms. The number of hydrogen-bond acceptors (Lipinski definition) is 6. The van der Waals surface area contributed by atoms with Crippen molar-refractivity contribution < 1.29 is 58.3 Å². The molecule has 8 nitrogen and oxygen atoms in total. The van der Waals surface area contributed by atoms with Gasteiger partial charge in [0.15, 0.2) is 0 Å². The number of aliphatic imine (C=N–C) groups is 2. The van der Waals surface area contributed by atoms with E-state index in [1.54, 1.807) is 60.7 Å². The molecule has 6 aromatic rings. The van der Waals surface area contributed by atoms with Crippen LogP contribution in [0.5, 0.6) is 0 Å². The summed E-state index contributed by atoms with van der Waals surface area (Å²) in [4.78, 5) is 36.0. The van der Waals surface area contributed by atoms with Crippen molar-refractivity contribution in [2.45, 2.75) is 0 Å². The molecule has 0 aromatic heterocycles. The zero-order chi connectivity index (χ0) is 39.5. The SMILES string of the molecule is O=C(c1ccccc1)N(CC1=NCCO1)c1ccc(F)[c-]c1F.O=C(c1ccccc1)N(CC1=NCCO1)c1ccc(F)[c-]c1F.[Ti+4].c1cc[cH-]c1.c1cc[cH-]c1. The van der Waals surface area contributed by atoms with Crippen LogP contribution in [0.15, 0.2) is 156 Å². The van der Waals surface area contributed by atoms with Crippen LogP contribution in [0.3, 0.4) is 0 Å². The Morgan fingerprint density at radius 3 is 1.21 bits per heavy atom. The van der Waals surface area contributed by atoms with Crippen LogP contribution in [0.4, 0.5) is 28.9 Å². The number of ether oxygens (including phenoxy) is 2. The van der Waals surface area contributed by atoms with Gasteiger partial charge in [-0.25, -0.2) is 41.8 Å². The van der Waals surface area contributed by atoms with Gasteiger partial charge >= 0.3 is 21.7 Å². The summed E-state index contributed by atoms with van der Waals surface area (Å²) in [5.74, 6) is -3.69. The molecule has 0 bridgehead atoms. The Balaban J connectivity index is 0.000000200. The van der Waals surface area contributed by atoms with Crippen molar-refractivity contribution in [1.29, 1.82) is 0 Å². The molecule has 0 saturated carbocycles. The molecular weight excluding hydrogens is 772 g/mol. The number of anilines is 2. The molecule has 8 rings (SSSR count). The maximum atomic E-state index is 14.1. The summed E-state index contributed by atoms with van der Waals surface area (Å²) in [6.45, 7) is 1.82. The van der Waals surface area contributed by atoms with Gasteiger partial charge in [-0.2, -0.15) is 36.4 Å². The maximum absolute atomic E-state index is 14.1. The number of hydrogen-bond donors (Lipinski definition) is 0. The van der Waals surface area contributed by atoms with Crippen molar-refractivity contribution in [3.8, 4) is 0 Å². The molecule has 2 aliphatic rings. The normalized spacial score (nSPS) is 12.2. The molecule has 2 amide bonds. The molecule has 57 heavy (non-hydrogen) atoms. The fourth-order valence-corrected chi connectivity index (χ4v) is 5.16. The second-order valence-electron chi connectivity index (χ2n) is 11.7. The van der Waals surface area contributed by atoms with Crippen LogP contribution in [0, 0.1) is 35.4 Å². The predicted molar refractivity (Wildman–Crippen MR) is 207 cm³/mol. The van der Waals surface area contributed by atoms with Gasteiger partial charge in [0.25, 0.3) is 0 Å². The molecule has 0 unspecified atom stereocenters. The van der Waals surface area contributed by atoms with Crippen molar-refractivity contribution in [2.75, 3.05) is 49.2 Å². The maximum Gasteiger partial charge on any atom is 4.00 e. The number of halogens is 4. The fraction of sp³-hybridized carbons (Fsp3) is 0.136. The third kappa shape index (κ3) is 13.6. The Morgan fingerprint density at radius 2 is 0.930 bits per heavy atom. The average molecular weight is 809 g/mol. The van der Waals surface area contributed by atoms with E-state index in [1.807, 2.05) is 72.8 Å². The molecule has 0 radical (unpaired) electrons. The molecule has 2 heterocycles. The minimum absolute atomic E-state index is 0. The standard InChI is InChI=1S/2C17H13F2N2O2.2C5H5.Ti/c2*18-13-6-7-15(14(19)10-13)21(11-16-20-8-9-23-16)17(22)12-4-2-1-3-5-12;2*1-2-4-5-3-1;/h2*1-7H,8-9,11H2;2*1-5H;/q4*-1;+4. The smallest absolute Gasteiger partial charge is 0.478 e. The van der Waals surface area contributed by atoms with Crippen LogP contribution in [0.1, 0.15) is 20.7 Å². The zero-order valence-corrected chi connectivity index (χ0v) is 32.1. The van der Waals surface area contributed by atoms with Crippen LogP contribution < -0.4 is 9.80 Å². The van der Waals surface area contributed by atoms with Gasteiger partial charge in [-0.05, 0) is 35.6 Å². The van der Waals surface area contributed by atoms with Crippen molar-refractivity contribution >= 4 is 35.0 Å². The van der Waals surface area contributed by atoms with Crippen LogP contribution >= 0.6 is 0 Å². The Kier molecular flexibility index (Phi) is 17.7. The number of nitrogens with zero attached hydrogens (tertiary/aromatic N) is 4. The molecule has 13 heteroatoms. The predicted octanol–water partition coefficient (Wildman–Crippen LogP) is 8.49. The summed E-state index contributed by atoms with van der Waals surface area (Å²) in [6, 6.07) is 45.3. The van der Waals surface area contributed by atoms with E-state index in [0.29, 0.717) is 49.2 Å². The second kappa shape index (κ2) is 23.1. The van der Waals surface area contributed by atoms with Crippen LogP contribution in [-0.2, 0) is 31.2 Å². The van der Waals surface area contributed by atoms with Gasteiger partial charge in [0.05, 0.1) is 26.2 Å². The van der Waals surface area contributed by atoms with E-state index in [1.165, 1.54) is 21.9 Å². The number of rotatable bonds is 8. The topological polar surface area (TPSA) is 83.8 Å². The van der Waals surface area contributed by atoms with E-state index in [9.17, 15) is 27.2 Å². The summed E-state index contributed by atoms with van der Waals surface area (Å²) in [7, 11) is 0. The van der Waals surface area contributed by atoms with E-state index in [2.05, 4.69) is 9.98 Å². The number of carbonyl (C=O) groups is 2. The molecule has 0 N–H and O–H groups in total. The quantitative estimate of drug-likeness (QED) is 0.0878. The van der Waals surface area contributed by atoms with Crippen molar-refractivity contribution in [3.05, 3.63) is 192 Å². The molecular formula is C44H36F4N4O4Ti. The minimum atomic E-state index is -0.937. The molecule has 288 valence electrons. The van der Waals surface area contributed by atoms with Gasteiger partial charge in [0.1, 0.15) is 13.2 Å². The fourth-order valence-electron chi connectivity index (χ4n) is 5.16. The Labute approximate surface area is 343 Å². The van der Waals surface area contributed by atoms with Crippen molar-refractivity contribution in [3.63, 3.8) is 0 Å². The van der Waals surface area contributed by atoms with Crippen molar-refractivity contribution in [1.82, 2.24) is 0 Å². The number of carbonyl (C=O) groups excluding carboxylic acids is 2. The Bertz CT molecular complexity index is 1980. The van der Waals surface area contributed by atoms with E-state index < -0.39 is 35.1 Å². The summed E-state index contributed by atoms with van der Waals surface area (Å²) >= 11 is 0. The molecule has 6 aromatic carbocycles. The largest absolute Gasteiger partial charge is 4.00 e. The first-order valence-electron chi connectivity index (χ1n) is 17.4. The Hall–Kier alpha value is -6.11. The molecule has 0 saturated heterocycles. The van der Waals surface area contributed by atoms with E-state index >= 15 is 0 Å². The van der Waals surface area contributed by atoms with Gasteiger partial charge in [-0.3, -0.25) is 19.6 Å². The second-order valence-corrected chi connectivity index (χ2v) is 11.7. The summed E-state index contributed by atoms with van der Waals surface area (Å²) in [5.41, 5.74) is 0.626. The average Bonchev–Trinajstić information content (AvgIpc) is 4.08. The zero-order valence-electron chi connectivity index (χ0n) is 30.5. The Morgan fingerprint density at radius 1 is 0.561 bits per heavy atom. The van der Waals surface area contributed by atoms with Crippen LogP contribution in [0.25, 0.3) is 0 Å². The first-order valence-corrected chi connectivity index (χ1v) is 17.4. The van der Waals surface area contributed by atoms with Crippen LogP contribution in [0.2, 0.25) is 0 Å². The van der Waals surface area contributed by atoms with Crippen LogP contribution in [-0.4, -0.2) is 63.0 Å². The van der Waals surface area contributed by atoms with E-state index in [-0.39, 0.29) is 46.2 Å². The van der Waals surface area contributed by atoms with Gasteiger partial charge in [0.2, 0.25) is 23.6 Å². The first-order chi connectivity index (χ1) is 27.3. The van der Waals surface area contributed by atoms with Gasteiger partial charge in [-0.1, -0.05) is 36.4 Å². The number of amides is 2. The number of benzene rings is 4. The first kappa shape index (κ1) is 43.6. The van der Waals surface area contributed by atoms with Crippen molar-refractivity contribution in [2.24, 2.45) is 9.98 Å². The minimum Gasteiger partial charge on any atom is -0.478 e. The monoisotopic (exact) mass is 808 g/mol. The van der Waals surface area contributed by atoms with Gasteiger partial charge in [0, 0.05) is 34.4 Å². The third-order valence-corrected chi connectivity index (χ3v) is 7.79. The summed E-state index contributed by atoms with van der Waals surface area (Å²) in [6.07, 6.45) is 0. The third-order valence-electron chi connectivity index (χ3n) is 7.79. The molecule has 0 fully saturated rings.